The van der Waals surface area contributed by atoms with E-state index in [9.17, 15) is 28.6 Å². The normalized spacial score (nSPS) is 31.8. The molecular weight excluding hydrogens is 668 g/mol. The van der Waals surface area contributed by atoms with Gasteiger partial charge in [-0.15, -0.1) is 0 Å². The van der Waals surface area contributed by atoms with Crippen LogP contribution < -0.4 is 9.64 Å². The fraction of sp³-hybridized carbons (Fsp3) is 0.579. The van der Waals surface area contributed by atoms with Gasteiger partial charge in [-0.1, -0.05) is 35.9 Å². The van der Waals surface area contributed by atoms with Crippen LogP contribution in [0.4, 0.5) is 14.5 Å². The van der Waals surface area contributed by atoms with Gasteiger partial charge in [-0.2, -0.15) is 0 Å². The number of amides is 1. The molecular formula is C38H46ClF2N3O6. The minimum Gasteiger partial charge on any atom is -0.490 e. The fourth-order valence-electron chi connectivity index (χ4n) is 8.59. The first-order valence-electron chi connectivity index (χ1n) is 17.8. The molecule has 1 spiro atoms. The van der Waals surface area contributed by atoms with Gasteiger partial charge in [0.05, 0.1) is 44.5 Å². The Balaban J connectivity index is 1.25. The summed E-state index contributed by atoms with van der Waals surface area (Å²) in [5.41, 5.74) is 0.432. The molecule has 2 aliphatic carbocycles. The second kappa shape index (κ2) is 13.7. The minimum atomic E-state index is -2.62. The highest BCUT2D eigenvalue weighted by Crippen LogP contribution is 2.48. The van der Waals surface area contributed by atoms with Crippen LogP contribution >= 0.6 is 11.6 Å². The van der Waals surface area contributed by atoms with E-state index in [2.05, 4.69) is 11.0 Å². The summed E-state index contributed by atoms with van der Waals surface area (Å²) >= 11 is 6.43. The molecule has 3 heterocycles. The molecule has 3 aliphatic heterocycles. The third-order valence-corrected chi connectivity index (χ3v) is 11.9. The number of nitrogens with zero attached hydrogens (tertiary/aromatic N) is 3. The van der Waals surface area contributed by atoms with Crippen LogP contribution in [0.25, 0.3) is 0 Å². The Bertz CT molecular complexity index is 1650. The quantitative estimate of drug-likeness (QED) is 0.405. The summed E-state index contributed by atoms with van der Waals surface area (Å²) in [6.45, 7) is 2.31. The molecule has 9 nitrogen and oxygen atoms in total. The number of benzene rings is 2. The molecule has 12 heteroatoms. The van der Waals surface area contributed by atoms with E-state index in [-0.39, 0.29) is 42.0 Å². The van der Waals surface area contributed by atoms with Gasteiger partial charge in [-0.05, 0) is 91.3 Å². The van der Waals surface area contributed by atoms with E-state index in [1.807, 2.05) is 24.3 Å². The lowest BCUT2D eigenvalue weighted by Gasteiger charge is -2.46. The molecule has 0 aromatic heterocycles. The van der Waals surface area contributed by atoms with Crippen LogP contribution in [0.15, 0.2) is 48.6 Å². The van der Waals surface area contributed by atoms with E-state index >= 15 is 0 Å². The second-order valence-electron chi connectivity index (χ2n) is 15.1. The molecule has 7 rings (SSSR count). The average Bonchev–Trinajstić information content (AvgIpc) is 3.20. The summed E-state index contributed by atoms with van der Waals surface area (Å²) in [7, 11) is 1.60. The van der Waals surface area contributed by atoms with E-state index in [1.54, 1.807) is 30.1 Å². The number of alkyl halides is 2. The molecule has 5 aliphatic rings. The molecule has 2 aromatic rings. The Kier molecular flexibility index (Phi) is 9.64. The van der Waals surface area contributed by atoms with Crippen molar-refractivity contribution in [3.05, 3.63) is 70.3 Å². The average molecular weight is 714 g/mol. The molecule has 50 heavy (non-hydrogen) atoms. The first-order valence-corrected chi connectivity index (χ1v) is 18.1. The first kappa shape index (κ1) is 35.2. The van der Waals surface area contributed by atoms with Gasteiger partial charge in [0.2, 0.25) is 5.91 Å². The highest BCUT2D eigenvalue weighted by molar-refractivity contribution is 6.30. The highest BCUT2D eigenvalue weighted by atomic mass is 35.5. The van der Waals surface area contributed by atoms with Crippen molar-refractivity contribution < 1.29 is 38.1 Å². The maximum atomic E-state index is 13.5. The van der Waals surface area contributed by atoms with E-state index in [1.165, 1.54) is 16.0 Å². The lowest BCUT2D eigenvalue weighted by atomic mass is 9.68. The number of carboxylic acid groups (broad SMARTS) is 1. The van der Waals surface area contributed by atoms with Crippen molar-refractivity contribution in [3.8, 4) is 5.75 Å². The van der Waals surface area contributed by atoms with Gasteiger partial charge in [0.15, 0.2) is 5.60 Å². The summed E-state index contributed by atoms with van der Waals surface area (Å²) < 4.78 is 39.9. The van der Waals surface area contributed by atoms with Gasteiger partial charge in [-0.3, -0.25) is 9.69 Å². The zero-order chi connectivity index (χ0) is 35.3. The number of aliphatic carboxylic acids is 1. The van der Waals surface area contributed by atoms with Crippen LogP contribution in [0, 0.1) is 11.8 Å². The van der Waals surface area contributed by atoms with Gasteiger partial charge in [-0.25, -0.2) is 13.6 Å². The number of aliphatic hydroxyl groups is 1. The number of hydrogen-bond donors (Lipinski definition) is 2. The largest absolute Gasteiger partial charge is 0.490 e. The van der Waals surface area contributed by atoms with Gasteiger partial charge in [0.1, 0.15) is 5.75 Å². The summed E-state index contributed by atoms with van der Waals surface area (Å²) in [5, 5.41) is 22.7. The van der Waals surface area contributed by atoms with Crippen molar-refractivity contribution in [1.82, 2.24) is 9.80 Å². The number of ether oxygens (including phenoxy) is 2. The molecule has 2 fully saturated rings. The van der Waals surface area contributed by atoms with Crippen molar-refractivity contribution in [2.45, 2.75) is 68.0 Å². The van der Waals surface area contributed by atoms with Crippen LogP contribution in [-0.4, -0.2) is 103 Å². The summed E-state index contributed by atoms with van der Waals surface area (Å²) in [6, 6.07) is 11.0. The number of fused-ring (bicyclic) bond motifs is 4. The van der Waals surface area contributed by atoms with Crippen molar-refractivity contribution in [2.24, 2.45) is 11.8 Å². The van der Waals surface area contributed by atoms with Crippen molar-refractivity contribution in [1.29, 1.82) is 0 Å². The zero-order valence-electron chi connectivity index (χ0n) is 28.5. The van der Waals surface area contributed by atoms with Crippen LogP contribution in [0.1, 0.15) is 55.2 Å². The van der Waals surface area contributed by atoms with Crippen molar-refractivity contribution in [3.63, 3.8) is 0 Å². The maximum absolute atomic E-state index is 13.5. The fourth-order valence-corrected chi connectivity index (χ4v) is 8.79. The van der Waals surface area contributed by atoms with Crippen LogP contribution in [0.3, 0.4) is 0 Å². The van der Waals surface area contributed by atoms with Crippen LogP contribution in [-0.2, 0) is 31.8 Å². The predicted molar refractivity (Wildman–Crippen MR) is 185 cm³/mol. The lowest BCUT2D eigenvalue weighted by molar-refractivity contribution is -0.164. The van der Waals surface area contributed by atoms with Crippen molar-refractivity contribution in [2.75, 3.05) is 64.4 Å². The Morgan fingerprint density at radius 1 is 1.14 bits per heavy atom. The molecule has 0 radical (unpaired) electrons. The van der Waals surface area contributed by atoms with E-state index in [0.717, 1.165) is 32.1 Å². The number of carbonyl (C=O) groups excluding carboxylic acids is 1. The smallest absolute Gasteiger partial charge is 0.340 e. The molecule has 5 atom stereocenters. The highest BCUT2D eigenvalue weighted by Gasteiger charge is 2.47. The topological polar surface area (TPSA) is 103 Å². The van der Waals surface area contributed by atoms with Gasteiger partial charge in [0.25, 0.3) is 5.92 Å². The zero-order valence-corrected chi connectivity index (χ0v) is 29.2. The number of carbonyl (C=O) groups is 2. The first-order chi connectivity index (χ1) is 23.9. The third-order valence-electron chi connectivity index (χ3n) is 11.6. The number of rotatable bonds is 5. The maximum Gasteiger partial charge on any atom is 0.340 e. The molecule has 2 aromatic carbocycles. The SMILES string of the molecule is CN1CC/C=C/[C@H](OCCN2CC(F)(F)C2)[C@@H]2CC[C@H]2CN2C[C@@]3(CCCc4cc(Cl)ccc43)COc3ccc(cc32)[C@@](O)(C(=O)O)CC1=O. The summed E-state index contributed by atoms with van der Waals surface area (Å²) in [4.78, 5) is 31.4. The molecule has 2 bridgehead atoms. The number of halogens is 3. The third kappa shape index (κ3) is 6.86. The van der Waals surface area contributed by atoms with E-state index < -0.39 is 29.8 Å². The molecule has 270 valence electrons. The van der Waals surface area contributed by atoms with E-state index in [4.69, 9.17) is 21.1 Å². The molecule has 1 saturated carbocycles. The molecule has 1 saturated heterocycles. The Morgan fingerprint density at radius 2 is 1.96 bits per heavy atom. The van der Waals surface area contributed by atoms with E-state index in [0.29, 0.717) is 62.3 Å². The minimum absolute atomic E-state index is 0.126. The standard InChI is InChI=1S/C38H46ClF2N3O6/c1-42-14-3-2-6-32(49-16-15-43-22-37(40,41)23-43)29-10-7-26(29)20-44-21-36(13-4-5-25-17-28(39)9-11-30(25)36)24-50-33-12-8-27(18-31(33)44)38(48,35(46)47)19-34(42)45/h2,6,8-9,11-12,17-18,26,29,32,48H,3-5,7,10,13-16,19-24H2,1H3,(H,46,47)/b6-2+/t26-,29+,32-,36-,38+/m0/s1. The molecule has 1 amide bonds. The number of hydrogen-bond acceptors (Lipinski definition) is 7. The number of aryl methyl sites for hydroxylation is 1. The Morgan fingerprint density at radius 3 is 2.70 bits per heavy atom. The van der Waals surface area contributed by atoms with Crippen LogP contribution in [0.5, 0.6) is 5.75 Å². The molecule has 2 N–H and O–H groups in total. The Labute approximate surface area is 296 Å². The van der Waals surface area contributed by atoms with Crippen molar-refractivity contribution >= 4 is 29.2 Å². The summed E-state index contributed by atoms with van der Waals surface area (Å²) in [5.74, 6) is -3.60. The summed E-state index contributed by atoms with van der Waals surface area (Å²) in [6.07, 6.45) is 8.41. The lowest BCUT2D eigenvalue weighted by Crippen LogP contribution is -2.57. The molecule has 0 unspecified atom stereocenters. The number of anilines is 1. The van der Waals surface area contributed by atoms with Gasteiger partial charge >= 0.3 is 5.97 Å². The van der Waals surface area contributed by atoms with Crippen LogP contribution in [0.2, 0.25) is 5.02 Å². The second-order valence-corrected chi connectivity index (χ2v) is 15.5. The number of carboxylic acids is 1. The Hall–Kier alpha value is -3.25. The monoisotopic (exact) mass is 713 g/mol. The predicted octanol–water partition coefficient (Wildman–Crippen LogP) is 5.26. The number of likely N-dealkylation sites (tertiary alicyclic amines) is 1. The van der Waals surface area contributed by atoms with Gasteiger partial charge < -0.3 is 29.5 Å². The van der Waals surface area contributed by atoms with Gasteiger partial charge in [0, 0.05) is 43.7 Å².